The maximum atomic E-state index is 13.2. The highest BCUT2D eigenvalue weighted by atomic mass is 35.5. The summed E-state index contributed by atoms with van der Waals surface area (Å²) >= 11 is 6.03. The lowest BCUT2D eigenvalue weighted by atomic mass is 9.88. The molecule has 1 aliphatic rings. The summed E-state index contributed by atoms with van der Waals surface area (Å²) in [5.74, 6) is -1.23. The lowest BCUT2D eigenvalue weighted by Gasteiger charge is -2.36. The third-order valence-electron chi connectivity index (χ3n) is 4.42. The summed E-state index contributed by atoms with van der Waals surface area (Å²) in [5, 5.41) is 10.1. The van der Waals surface area contributed by atoms with Crippen molar-refractivity contribution >= 4 is 27.5 Å². The molecule has 1 aliphatic heterocycles. The molecule has 0 unspecified atom stereocenters. The largest absolute Gasteiger partial charge is 0.503 e. The molecule has 0 atom stereocenters. The summed E-state index contributed by atoms with van der Waals surface area (Å²) in [4.78, 5) is 10.4. The third-order valence-corrected chi connectivity index (χ3v) is 7.52. The van der Waals surface area contributed by atoms with Crippen molar-refractivity contribution in [3.05, 3.63) is 17.2 Å². The highest BCUT2D eigenvalue weighted by Crippen LogP contribution is 2.45. The molecule has 1 aromatic carbocycles. The predicted molar refractivity (Wildman–Crippen MR) is 88.1 cm³/mol. The number of phenolic OH excluding ortho intramolecular Hbond substituents is 1. The van der Waals surface area contributed by atoms with Gasteiger partial charge in [-0.3, -0.25) is 0 Å². The van der Waals surface area contributed by atoms with Crippen molar-refractivity contribution in [1.82, 2.24) is 0 Å². The van der Waals surface area contributed by atoms with Crippen molar-refractivity contribution in [2.75, 3.05) is 13.2 Å². The fraction of sp³-hybridized carbons (Fsp3) is 0.533. The highest BCUT2D eigenvalue weighted by molar-refractivity contribution is 7.93. The molecule has 134 valence electrons. The van der Waals surface area contributed by atoms with E-state index in [4.69, 9.17) is 22.1 Å². The van der Waals surface area contributed by atoms with Gasteiger partial charge in [-0.05, 0) is 44.7 Å². The SMILES string of the molecule is CC(C)(C1CCOCC1)S(=O)(=O)c1c(Cl)ccc(OC(N)=O)c1O. The Balaban J connectivity index is 2.54. The zero-order valence-electron chi connectivity index (χ0n) is 13.4. The van der Waals surface area contributed by atoms with Crippen LogP contribution < -0.4 is 10.5 Å². The lowest BCUT2D eigenvalue weighted by molar-refractivity contribution is 0.0563. The van der Waals surface area contributed by atoms with Crippen LogP contribution in [-0.4, -0.2) is 37.6 Å². The molecule has 0 saturated carbocycles. The second-order valence-electron chi connectivity index (χ2n) is 6.14. The van der Waals surface area contributed by atoms with Crippen molar-refractivity contribution in [3.63, 3.8) is 0 Å². The van der Waals surface area contributed by atoms with E-state index in [1.54, 1.807) is 13.8 Å². The monoisotopic (exact) mass is 377 g/mol. The van der Waals surface area contributed by atoms with Crippen LogP contribution in [0.4, 0.5) is 4.79 Å². The smallest absolute Gasteiger partial charge is 0.410 e. The molecule has 1 aromatic rings. The van der Waals surface area contributed by atoms with E-state index in [9.17, 15) is 18.3 Å². The molecule has 0 aromatic heterocycles. The second-order valence-corrected chi connectivity index (χ2v) is 9.01. The van der Waals surface area contributed by atoms with Crippen LogP contribution in [0.15, 0.2) is 17.0 Å². The fourth-order valence-electron chi connectivity index (χ4n) is 2.85. The van der Waals surface area contributed by atoms with Crippen LogP contribution >= 0.6 is 11.6 Å². The molecule has 1 amide bonds. The molecule has 2 rings (SSSR count). The summed E-state index contributed by atoms with van der Waals surface area (Å²) in [6.45, 7) is 4.15. The van der Waals surface area contributed by atoms with E-state index in [2.05, 4.69) is 4.74 Å². The molecule has 0 spiro atoms. The Bertz CT molecular complexity index is 741. The van der Waals surface area contributed by atoms with Crippen LogP contribution in [0, 0.1) is 5.92 Å². The first-order chi connectivity index (χ1) is 11.1. The third kappa shape index (κ3) is 3.31. The minimum Gasteiger partial charge on any atom is -0.503 e. The van der Waals surface area contributed by atoms with Crippen LogP contribution in [0.3, 0.4) is 0 Å². The van der Waals surface area contributed by atoms with E-state index in [0.717, 1.165) is 0 Å². The summed E-state index contributed by atoms with van der Waals surface area (Å²) in [5.41, 5.74) is 4.92. The summed E-state index contributed by atoms with van der Waals surface area (Å²) in [6, 6.07) is 2.43. The van der Waals surface area contributed by atoms with E-state index in [1.807, 2.05) is 0 Å². The standard InChI is InChI=1S/C15H20ClNO6S/c1-15(2,9-5-7-22-8-6-9)24(20,21)13-10(16)3-4-11(12(13)18)23-14(17)19/h3-4,9,18H,5-8H2,1-2H3,(H2,17,19). The quantitative estimate of drug-likeness (QED) is 0.832. The maximum absolute atomic E-state index is 13.2. The number of carbonyl (C=O) groups excluding carboxylic acids is 1. The first kappa shape index (κ1) is 18.8. The molecule has 7 nitrogen and oxygen atoms in total. The predicted octanol–water partition coefficient (Wildman–Crippen LogP) is 2.48. The maximum Gasteiger partial charge on any atom is 0.410 e. The van der Waals surface area contributed by atoms with E-state index >= 15 is 0 Å². The number of primary amides is 1. The van der Waals surface area contributed by atoms with Crippen LogP contribution in [0.2, 0.25) is 5.02 Å². The van der Waals surface area contributed by atoms with Gasteiger partial charge in [0.05, 0.1) is 9.77 Å². The number of aromatic hydroxyl groups is 1. The number of rotatable bonds is 4. The van der Waals surface area contributed by atoms with E-state index in [-0.39, 0.29) is 16.7 Å². The number of sulfone groups is 1. The van der Waals surface area contributed by atoms with Crippen LogP contribution in [0.25, 0.3) is 0 Å². The number of nitrogens with two attached hydrogens (primary N) is 1. The number of carbonyl (C=O) groups is 1. The van der Waals surface area contributed by atoms with Gasteiger partial charge >= 0.3 is 6.09 Å². The van der Waals surface area contributed by atoms with Gasteiger partial charge < -0.3 is 20.3 Å². The number of halogens is 1. The molecule has 0 radical (unpaired) electrons. The first-order valence-electron chi connectivity index (χ1n) is 7.40. The number of phenols is 1. The molecule has 0 aliphatic carbocycles. The molecular weight excluding hydrogens is 358 g/mol. The topological polar surface area (TPSA) is 116 Å². The van der Waals surface area contributed by atoms with Gasteiger partial charge in [-0.1, -0.05) is 11.6 Å². The molecule has 1 saturated heterocycles. The zero-order chi connectivity index (χ0) is 18.1. The van der Waals surface area contributed by atoms with Crippen LogP contribution in [-0.2, 0) is 14.6 Å². The van der Waals surface area contributed by atoms with E-state index < -0.39 is 31.3 Å². The molecule has 1 heterocycles. The number of ether oxygens (including phenoxy) is 2. The van der Waals surface area contributed by atoms with Crippen molar-refractivity contribution in [2.45, 2.75) is 36.3 Å². The van der Waals surface area contributed by atoms with Gasteiger partial charge in [0.25, 0.3) is 0 Å². The Kier molecular flexibility index (Phi) is 5.31. The number of hydrogen-bond donors (Lipinski definition) is 2. The fourth-order valence-corrected chi connectivity index (χ4v) is 5.19. The van der Waals surface area contributed by atoms with Gasteiger partial charge in [0.2, 0.25) is 0 Å². The number of amides is 1. The zero-order valence-corrected chi connectivity index (χ0v) is 15.0. The van der Waals surface area contributed by atoms with Gasteiger partial charge in [-0.15, -0.1) is 0 Å². The lowest BCUT2D eigenvalue weighted by Crippen LogP contribution is -2.42. The molecular formula is C15H20ClNO6S. The van der Waals surface area contributed by atoms with Gasteiger partial charge in [-0.2, -0.15) is 0 Å². The van der Waals surface area contributed by atoms with Crippen molar-refractivity contribution < 1.29 is 27.8 Å². The minimum atomic E-state index is -4.03. The second kappa shape index (κ2) is 6.78. The number of hydrogen-bond acceptors (Lipinski definition) is 6. The van der Waals surface area contributed by atoms with Crippen LogP contribution in [0.5, 0.6) is 11.5 Å². The average molecular weight is 378 g/mol. The summed E-state index contributed by atoms with van der Waals surface area (Å²) < 4.78 is 35.1. The van der Waals surface area contributed by atoms with Gasteiger partial charge in [-0.25, -0.2) is 13.2 Å². The van der Waals surface area contributed by atoms with Crippen molar-refractivity contribution in [1.29, 1.82) is 0 Å². The molecule has 3 N–H and O–H groups in total. The van der Waals surface area contributed by atoms with Gasteiger partial charge in [0.1, 0.15) is 4.90 Å². The molecule has 9 heteroatoms. The van der Waals surface area contributed by atoms with E-state index in [0.29, 0.717) is 26.1 Å². The van der Waals surface area contributed by atoms with Gasteiger partial charge in [0, 0.05) is 13.2 Å². The summed E-state index contributed by atoms with van der Waals surface area (Å²) in [6.07, 6.45) is 0.00383. The molecule has 1 fully saturated rings. The average Bonchev–Trinajstić information content (AvgIpc) is 2.50. The molecule has 24 heavy (non-hydrogen) atoms. The minimum absolute atomic E-state index is 0.149. The Morgan fingerprint density at radius 3 is 2.50 bits per heavy atom. The van der Waals surface area contributed by atoms with Crippen LogP contribution in [0.1, 0.15) is 26.7 Å². The van der Waals surface area contributed by atoms with Gasteiger partial charge in [0.15, 0.2) is 21.3 Å². The summed E-state index contributed by atoms with van der Waals surface area (Å²) in [7, 11) is -4.03. The Hall–Kier alpha value is -1.51. The van der Waals surface area contributed by atoms with E-state index in [1.165, 1.54) is 12.1 Å². The Labute approximate surface area is 145 Å². The van der Waals surface area contributed by atoms with Crippen molar-refractivity contribution in [3.8, 4) is 11.5 Å². The number of benzene rings is 1. The molecule has 0 bridgehead atoms. The van der Waals surface area contributed by atoms with Crippen molar-refractivity contribution in [2.24, 2.45) is 11.7 Å². The normalized spacial score (nSPS) is 16.8. The first-order valence-corrected chi connectivity index (χ1v) is 9.26. The Morgan fingerprint density at radius 2 is 1.96 bits per heavy atom. The highest BCUT2D eigenvalue weighted by Gasteiger charge is 2.45. The Morgan fingerprint density at radius 1 is 1.38 bits per heavy atom.